The molecule has 178 valence electrons. The molecule has 2 amide bonds. The van der Waals surface area contributed by atoms with Crippen LogP contribution in [-0.4, -0.2) is 57.1 Å². The van der Waals surface area contributed by atoms with Crippen molar-refractivity contribution in [1.82, 2.24) is 10.2 Å². The number of rotatable bonds is 11. The van der Waals surface area contributed by atoms with Crippen LogP contribution in [0.15, 0.2) is 36.4 Å². The van der Waals surface area contributed by atoms with Crippen molar-refractivity contribution in [3.8, 4) is 11.5 Å². The van der Waals surface area contributed by atoms with Gasteiger partial charge >= 0.3 is 5.97 Å². The van der Waals surface area contributed by atoms with Crippen LogP contribution in [0, 0.1) is 11.6 Å². The van der Waals surface area contributed by atoms with Crippen LogP contribution in [-0.2, 0) is 20.9 Å². The molecule has 0 atom stereocenters. The van der Waals surface area contributed by atoms with Gasteiger partial charge in [-0.2, -0.15) is 0 Å². The van der Waals surface area contributed by atoms with E-state index in [1.165, 1.54) is 26.2 Å². The van der Waals surface area contributed by atoms with E-state index in [9.17, 15) is 23.2 Å². The van der Waals surface area contributed by atoms with Crippen molar-refractivity contribution in [2.75, 3.05) is 34.4 Å². The zero-order chi connectivity index (χ0) is 24.4. The number of hydrogen-bond acceptors (Lipinski definition) is 6. The van der Waals surface area contributed by atoms with Crippen LogP contribution in [0.2, 0.25) is 0 Å². The van der Waals surface area contributed by atoms with E-state index >= 15 is 0 Å². The molecule has 2 aromatic carbocycles. The highest BCUT2D eigenvalue weighted by molar-refractivity contribution is 5.94. The minimum atomic E-state index is -0.971. The molecule has 0 saturated carbocycles. The molecule has 0 unspecified atom stereocenters. The monoisotopic (exact) mass is 464 g/mol. The van der Waals surface area contributed by atoms with Crippen molar-refractivity contribution in [3.63, 3.8) is 0 Å². The fourth-order valence-corrected chi connectivity index (χ4v) is 3.00. The lowest BCUT2D eigenvalue weighted by Gasteiger charge is -2.22. The number of esters is 1. The number of nitrogens with one attached hydrogen (secondary N) is 1. The number of nitrogens with zero attached hydrogens (tertiary/aromatic N) is 1. The van der Waals surface area contributed by atoms with Crippen molar-refractivity contribution >= 4 is 17.8 Å². The number of halogens is 2. The van der Waals surface area contributed by atoms with E-state index in [4.69, 9.17) is 9.47 Å². The normalized spacial score (nSPS) is 10.3. The maximum absolute atomic E-state index is 13.7. The molecular formula is C23H26F2N2O6. The summed E-state index contributed by atoms with van der Waals surface area (Å²) in [6, 6.07) is 7.78. The van der Waals surface area contributed by atoms with Gasteiger partial charge in [0, 0.05) is 31.6 Å². The van der Waals surface area contributed by atoms with Gasteiger partial charge in [0.1, 0.15) is 29.7 Å². The summed E-state index contributed by atoms with van der Waals surface area (Å²) in [5.41, 5.74) is 0.394. The number of methoxy groups -OCH3 is 3. The van der Waals surface area contributed by atoms with Gasteiger partial charge in [-0.1, -0.05) is 0 Å². The molecule has 10 heteroatoms. The van der Waals surface area contributed by atoms with Crippen molar-refractivity contribution in [1.29, 1.82) is 0 Å². The van der Waals surface area contributed by atoms with E-state index in [-0.39, 0.29) is 43.9 Å². The van der Waals surface area contributed by atoms with Crippen LogP contribution in [0.1, 0.15) is 28.8 Å². The molecule has 0 aliphatic rings. The molecule has 0 aliphatic heterocycles. The lowest BCUT2D eigenvalue weighted by Crippen LogP contribution is -2.36. The summed E-state index contributed by atoms with van der Waals surface area (Å²) in [5.74, 6) is -2.33. The maximum Gasteiger partial charge on any atom is 0.325 e. The highest BCUT2D eigenvalue weighted by Crippen LogP contribution is 2.23. The molecule has 0 aromatic heterocycles. The number of hydrogen-bond donors (Lipinski definition) is 1. The zero-order valence-electron chi connectivity index (χ0n) is 18.7. The Labute approximate surface area is 190 Å². The molecular weight excluding hydrogens is 438 g/mol. The lowest BCUT2D eigenvalue weighted by atomic mass is 10.1. The molecule has 0 fully saturated rings. The summed E-state index contributed by atoms with van der Waals surface area (Å²) in [6.07, 6.45) is 0.261. The summed E-state index contributed by atoms with van der Waals surface area (Å²) in [5, 5.41) is 2.49. The molecule has 2 rings (SSSR count). The quantitative estimate of drug-likeness (QED) is 0.406. The topological polar surface area (TPSA) is 94.2 Å². The van der Waals surface area contributed by atoms with Crippen molar-refractivity contribution in [3.05, 3.63) is 59.2 Å². The molecule has 0 heterocycles. The van der Waals surface area contributed by atoms with E-state index in [2.05, 4.69) is 10.1 Å². The van der Waals surface area contributed by atoms with E-state index < -0.39 is 23.5 Å². The predicted molar refractivity (Wildman–Crippen MR) is 115 cm³/mol. The van der Waals surface area contributed by atoms with Crippen LogP contribution in [0.4, 0.5) is 8.78 Å². The minimum absolute atomic E-state index is 0.0181. The Balaban J connectivity index is 1.98. The lowest BCUT2D eigenvalue weighted by molar-refractivity contribution is -0.147. The predicted octanol–water partition coefficient (Wildman–Crippen LogP) is 2.69. The number of benzene rings is 2. The highest BCUT2D eigenvalue weighted by atomic mass is 19.1. The minimum Gasteiger partial charge on any atom is -0.497 e. The second-order valence-corrected chi connectivity index (χ2v) is 7.03. The van der Waals surface area contributed by atoms with Crippen LogP contribution >= 0.6 is 0 Å². The number of ether oxygens (including phenoxy) is 3. The second kappa shape index (κ2) is 12.4. The van der Waals surface area contributed by atoms with Crippen molar-refractivity contribution in [2.24, 2.45) is 0 Å². The molecule has 0 bridgehead atoms. The first kappa shape index (κ1) is 25.6. The summed E-state index contributed by atoms with van der Waals surface area (Å²) in [4.78, 5) is 37.9. The Bertz CT molecular complexity index is 977. The van der Waals surface area contributed by atoms with Gasteiger partial charge < -0.3 is 24.4 Å². The van der Waals surface area contributed by atoms with Crippen molar-refractivity contribution in [2.45, 2.75) is 19.4 Å². The maximum atomic E-state index is 13.7. The van der Waals surface area contributed by atoms with Crippen LogP contribution in [0.25, 0.3) is 0 Å². The SMILES string of the molecule is COC(=O)CN(Cc1cc(OC)cc(OC)c1)C(=O)CCCNC(=O)c1ccc(F)cc1F. The summed E-state index contributed by atoms with van der Waals surface area (Å²) in [6.45, 7) is -0.0723. The smallest absolute Gasteiger partial charge is 0.325 e. The third-order valence-electron chi connectivity index (χ3n) is 4.71. The zero-order valence-corrected chi connectivity index (χ0v) is 18.7. The summed E-state index contributed by atoms with van der Waals surface area (Å²) in [7, 11) is 4.23. The van der Waals surface area contributed by atoms with E-state index in [0.717, 1.165) is 12.1 Å². The van der Waals surface area contributed by atoms with E-state index in [1.54, 1.807) is 18.2 Å². The van der Waals surface area contributed by atoms with Gasteiger partial charge in [-0.3, -0.25) is 14.4 Å². The Hall–Kier alpha value is -3.69. The molecule has 0 saturated heterocycles. The first-order chi connectivity index (χ1) is 15.8. The Kier molecular flexibility index (Phi) is 9.59. The molecule has 33 heavy (non-hydrogen) atoms. The van der Waals surface area contributed by atoms with Gasteiger partial charge in [0.2, 0.25) is 5.91 Å². The van der Waals surface area contributed by atoms with Crippen LogP contribution in [0.5, 0.6) is 11.5 Å². The van der Waals surface area contributed by atoms with Gasteiger partial charge in [-0.05, 0) is 36.2 Å². The highest BCUT2D eigenvalue weighted by Gasteiger charge is 2.19. The Morgan fingerprint density at radius 3 is 2.21 bits per heavy atom. The average Bonchev–Trinajstić information content (AvgIpc) is 2.80. The second-order valence-electron chi connectivity index (χ2n) is 7.03. The largest absolute Gasteiger partial charge is 0.497 e. The Morgan fingerprint density at radius 1 is 0.970 bits per heavy atom. The summed E-state index contributed by atoms with van der Waals surface area (Å²) < 4.78 is 41.8. The third-order valence-corrected chi connectivity index (χ3v) is 4.71. The molecule has 0 aliphatic carbocycles. The van der Waals surface area contributed by atoms with Crippen molar-refractivity contribution < 1.29 is 37.4 Å². The van der Waals surface area contributed by atoms with Gasteiger partial charge in [-0.15, -0.1) is 0 Å². The number of carbonyl (C=O) groups excluding carboxylic acids is 3. The fourth-order valence-electron chi connectivity index (χ4n) is 3.00. The van der Waals surface area contributed by atoms with Gasteiger partial charge in [0.15, 0.2) is 0 Å². The number of carbonyl (C=O) groups is 3. The number of amides is 2. The first-order valence-electron chi connectivity index (χ1n) is 10.1. The first-order valence-corrected chi connectivity index (χ1v) is 10.1. The van der Waals surface area contributed by atoms with E-state index in [1.807, 2.05) is 0 Å². The summed E-state index contributed by atoms with van der Waals surface area (Å²) >= 11 is 0. The fraction of sp³-hybridized carbons (Fsp3) is 0.348. The van der Waals surface area contributed by atoms with Gasteiger partial charge in [0.05, 0.1) is 26.9 Å². The van der Waals surface area contributed by atoms with Gasteiger partial charge in [0.25, 0.3) is 5.91 Å². The Morgan fingerprint density at radius 2 is 1.64 bits per heavy atom. The standard InChI is InChI=1S/C23H26F2N2O6/c1-31-17-9-15(10-18(12-17)32-2)13-27(14-22(29)33-3)21(28)5-4-8-26-23(30)19-7-6-16(24)11-20(19)25/h6-7,9-12H,4-5,8,13-14H2,1-3H3,(H,26,30). The third kappa shape index (κ3) is 7.74. The molecule has 1 N–H and O–H groups in total. The van der Waals surface area contributed by atoms with Gasteiger partial charge in [-0.25, -0.2) is 8.78 Å². The van der Waals surface area contributed by atoms with E-state index in [0.29, 0.717) is 23.1 Å². The molecule has 8 nitrogen and oxygen atoms in total. The molecule has 2 aromatic rings. The molecule has 0 spiro atoms. The van der Waals surface area contributed by atoms with Crippen LogP contribution in [0.3, 0.4) is 0 Å². The van der Waals surface area contributed by atoms with Crippen LogP contribution < -0.4 is 14.8 Å². The molecule has 0 radical (unpaired) electrons. The average molecular weight is 464 g/mol.